The number of hydrogen-bond donors (Lipinski definition) is 1. The molecule has 0 saturated carbocycles. The predicted molar refractivity (Wildman–Crippen MR) is 101 cm³/mol. The predicted octanol–water partition coefficient (Wildman–Crippen LogP) is 4.35. The molecule has 0 bridgehead atoms. The second kappa shape index (κ2) is 8.98. The monoisotopic (exact) mass is 409 g/mol. The number of rotatable bonds is 6. The van der Waals surface area contributed by atoms with Gasteiger partial charge in [0.05, 0.1) is 5.69 Å². The van der Waals surface area contributed by atoms with Crippen molar-refractivity contribution in [3.05, 3.63) is 59.4 Å². The van der Waals surface area contributed by atoms with Crippen LogP contribution >= 0.6 is 0 Å². The number of halogens is 3. The summed E-state index contributed by atoms with van der Waals surface area (Å²) in [6.45, 7) is 7.02. The van der Waals surface area contributed by atoms with E-state index in [9.17, 15) is 22.8 Å². The first-order chi connectivity index (χ1) is 13.5. The summed E-state index contributed by atoms with van der Waals surface area (Å²) in [6.07, 6.45) is -1.30. The Labute approximate surface area is 166 Å². The third kappa shape index (κ3) is 5.97. The highest BCUT2D eigenvalue weighted by atomic mass is 19.2. The van der Waals surface area contributed by atoms with Gasteiger partial charge in [-0.25, -0.2) is 18.0 Å². The molecule has 0 aliphatic carbocycles. The minimum atomic E-state index is -1.71. The lowest BCUT2D eigenvalue weighted by Gasteiger charge is -2.19. The Hall–Kier alpha value is -3.03. The van der Waals surface area contributed by atoms with Gasteiger partial charge in [-0.2, -0.15) is 0 Å². The van der Waals surface area contributed by atoms with Crippen LogP contribution in [0.15, 0.2) is 36.4 Å². The first-order valence-electron chi connectivity index (χ1n) is 8.86. The number of ether oxygens (including phenoxy) is 2. The molecule has 0 spiro atoms. The lowest BCUT2D eigenvalue weighted by atomic mass is 9.87. The van der Waals surface area contributed by atoms with E-state index in [-0.39, 0.29) is 5.41 Å². The molecule has 0 fully saturated rings. The number of hydrogen-bond acceptors (Lipinski definition) is 4. The second-order valence-corrected chi connectivity index (χ2v) is 7.41. The van der Waals surface area contributed by atoms with Crippen LogP contribution in [-0.4, -0.2) is 24.6 Å². The van der Waals surface area contributed by atoms with Gasteiger partial charge in [0.1, 0.15) is 5.75 Å². The van der Waals surface area contributed by atoms with Gasteiger partial charge in [-0.1, -0.05) is 32.9 Å². The Balaban J connectivity index is 1.87. The summed E-state index contributed by atoms with van der Waals surface area (Å²) in [4.78, 5) is 23.9. The molecule has 0 aliphatic heterocycles. The molecule has 8 heteroatoms. The molecule has 0 unspecified atom stereocenters. The summed E-state index contributed by atoms with van der Waals surface area (Å²) in [5.41, 5.74) is 0.516. The molecule has 156 valence electrons. The molecule has 0 heterocycles. The van der Waals surface area contributed by atoms with Gasteiger partial charge < -0.3 is 14.8 Å². The van der Waals surface area contributed by atoms with Crippen molar-refractivity contribution in [2.75, 3.05) is 11.9 Å². The summed E-state index contributed by atoms with van der Waals surface area (Å²) >= 11 is 0. The maximum atomic E-state index is 13.6. The number of carbonyl (C=O) groups excluding carboxylic acids is 2. The normalized spacial score (nSPS) is 12.2. The Kier molecular flexibility index (Phi) is 6.89. The van der Waals surface area contributed by atoms with Crippen LogP contribution in [0.5, 0.6) is 5.75 Å². The molecule has 1 atom stereocenters. The van der Waals surface area contributed by atoms with Crippen molar-refractivity contribution in [3.8, 4) is 5.75 Å². The van der Waals surface area contributed by atoms with Crippen LogP contribution in [0.25, 0.3) is 0 Å². The van der Waals surface area contributed by atoms with Crippen LogP contribution in [0.1, 0.15) is 33.3 Å². The summed E-state index contributed by atoms with van der Waals surface area (Å²) in [5.74, 6) is -5.91. The van der Waals surface area contributed by atoms with Gasteiger partial charge in [-0.05, 0) is 42.2 Å². The first kappa shape index (κ1) is 22.3. The summed E-state index contributed by atoms with van der Waals surface area (Å²) in [6, 6.07) is 8.74. The topological polar surface area (TPSA) is 64.6 Å². The number of anilines is 1. The van der Waals surface area contributed by atoms with Crippen LogP contribution in [-0.2, 0) is 19.7 Å². The van der Waals surface area contributed by atoms with E-state index in [0.717, 1.165) is 11.6 Å². The van der Waals surface area contributed by atoms with Crippen LogP contribution < -0.4 is 10.1 Å². The zero-order chi connectivity index (χ0) is 21.8. The molecule has 0 radical (unpaired) electrons. The maximum Gasteiger partial charge on any atom is 0.344 e. The average molecular weight is 409 g/mol. The Bertz CT molecular complexity index is 892. The number of benzene rings is 2. The van der Waals surface area contributed by atoms with E-state index in [1.165, 1.54) is 6.92 Å². The highest BCUT2D eigenvalue weighted by Gasteiger charge is 2.21. The Morgan fingerprint density at radius 1 is 1.00 bits per heavy atom. The minimum Gasteiger partial charge on any atom is -0.482 e. The van der Waals surface area contributed by atoms with Gasteiger partial charge in [-0.3, -0.25) is 4.79 Å². The van der Waals surface area contributed by atoms with E-state index >= 15 is 0 Å². The summed E-state index contributed by atoms with van der Waals surface area (Å²) < 4.78 is 50.0. The molecule has 2 aromatic rings. The van der Waals surface area contributed by atoms with Gasteiger partial charge in [0, 0.05) is 0 Å². The van der Waals surface area contributed by atoms with Crippen LogP contribution in [0.3, 0.4) is 0 Å². The molecule has 29 heavy (non-hydrogen) atoms. The third-order valence-corrected chi connectivity index (χ3v) is 4.05. The molecular weight excluding hydrogens is 387 g/mol. The second-order valence-electron chi connectivity index (χ2n) is 7.41. The highest BCUT2D eigenvalue weighted by molar-refractivity contribution is 5.95. The van der Waals surface area contributed by atoms with Crippen molar-refractivity contribution in [1.82, 2.24) is 0 Å². The SMILES string of the molecule is C[C@@H](OC(=O)COc1ccc(C(C)(C)C)cc1)C(=O)Nc1ccc(F)c(F)c1F. The highest BCUT2D eigenvalue weighted by Crippen LogP contribution is 2.24. The number of amides is 1. The smallest absolute Gasteiger partial charge is 0.344 e. The fraction of sp³-hybridized carbons (Fsp3) is 0.333. The van der Waals surface area contributed by atoms with Crippen molar-refractivity contribution in [2.24, 2.45) is 0 Å². The van der Waals surface area contributed by atoms with Crippen LogP contribution in [0, 0.1) is 17.5 Å². The first-order valence-corrected chi connectivity index (χ1v) is 8.86. The van der Waals surface area contributed by atoms with Gasteiger partial charge in [-0.15, -0.1) is 0 Å². The van der Waals surface area contributed by atoms with E-state index in [1.54, 1.807) is 12.1 Å². The molecule has 0 aliphatic rings. The van der Waals surface area contributed by atoms with Crippen molar-refractivity contribution in [3.63, 3.8) is 0 Å². The molecule has 0 aromatic heterocycles. The molecule has 2 rings (SSSR count). The standard InChI is InChI=1S/C21H22F3NO4/c1-12(20(27)25-16-10-9-15(22)18(23)19(16)24)29-17(26)11-28-14-7-5-13(6-8-14)21(2,3)4/h5-10,12H,11H2,1-4H3,(H,25,27)/t12-/m1/s1. The minimum absolute atomic E-state index is 0.0207. The zero-order valence-electron chi connectivity index (χ0n) is 16.5. The quantitative estimate of drug-likeness (QED) is 0.569. The maximum absolute atomic E-state index is 13.6. The van der Waals surface area contributed by atoms with Crippen molar-refractivity contribution < 1.29 is 32.2 Å². The molecule has 2 aromatic carbocycles. The number of carbonyl (C=O) groups is 2. The largest absolute Gasteiger partial charge is 0.482 e. The van der Waals surface area contributed by atoms with E-state index in [2.05, 4.69) is 20.8 Å². The molecule has 1 N–H and O–H groups in total. The van der Waals surface area contributed by atoms with Gasteiger partial charge in [0.2, 0.25) is 0 Å². The fourth-order valence-electron chi connectivity index (χ4n) is 2.33. The van der Waals surface area contributed by atoms with Crippen molar-refractivity contribution >= 4 is 17.6 Å². The molecule has 1 amide bonds. The van der Waals surface area contributed by atoms with E-state index in [1.807, 2.05) is 17.4 Å². The van der Waals surface area contributed by atoms with E-state index in [0.29, 0.717) is 11.8 Å². The van der Waals surface area contributed by atoms with Gasteiger partial charge in [0.15, 0.2) is 30.2 Å². The average Bonchev–Trinajstić information content (AvgIpc) is 2.66. The van der Waals surface area contributed by atoms with Crippen LogP contribution in [0.2, 0.25) is 0 Å². The Morgan fingerprint density at radius 3 is 2.21 bits per heavy atom. The van der Waals surface area contributed by atoms with Gasteiger partial charge in [0.25, 0.3) is 5.91 Å². The number of esters is 1. The molecular formula is C21H22F3NO4. The zero-order valence-corrected chi connectivity index (χ0v) is 16.5. The Morgan fingerprint density at radius 2 is 1.62 bits per heavy atom. The lowest BCUT2D eigenvalue weighted by Crippen LogP contribution is -2.32. The lowest BCUT2D eigenvalue weighted by molar-refractivity contribution is -0.155. The van der Waals surface area contributed by atoms with E-state index < -0.39 is 47.7 Å². The van der Waals surface area contributed by atoms with E-state index in [4.69, 9.17) is 9.47 Å². The summed E-state index contributed by atoms with van der Waals surface area (Å²) in [5, 5.41) is 2.04. The molecule has 5 nitrogen and oxygen atoms in total. The van der Waals surface area contributed by atoms with Crippen molar-refractivity contribution in [1.29, 1.82) is 0 Å². The summed E-state index contributed by atoms with van der Waals surface area (Å²) in [7, 11) is 0. The number of nitrogens with one attached hydrogen (secondary N) is 1. The fourth-order valence-corrected chi connectivity index (χ4v) is 2.33. The van der Waals surface area contributed by atoms with Crippen molar-refractivity contribution in [2.45, 2.75) is 39.2 Å². The van der Waals surface area contributed by atoms with Gasteiger partial charge >= 0.3 is 5.97 Å². The third-order valence-electron chi connectivity index (χ3n) is 4.05. The molecule has 0 saturated heterocycles. The van der Waals surface area contributed by atoms with Crippen LogP contribution in [0.4, 0.5) is 18.9 Å².